The van der Waals surface area contributed by atoms with Crippen molar-refractivity contribution in [2.24, 2.45) is 0 Å². The first-order chi connectivity index (χ1) is 15.2. The van der Waals surface area contributed by atoms with E-state index in [0.29, 0.717) is 35.6 Å². The van der Waals surface area contributed by atoms with Crippen molar-refractivity contribution >= 4 is 22.4 Å². The fraction of sp³-hybridized carbons (Fsp3) is 0.136. The molecular weight excluding hydrogens is 418 g/mol. The van der Waals surface area contributed by atoms with E-state index in [0.717, 1.165) is 11.3 Å². The zero-order valence-electron chi connectivity index (χ0n) is 16.2. The summed E-state index contributed by atoms with van der Waals surface area (Å²) in [7, 11) is 0. The molecule has 1 aliphatic rings. The summed E-state index contributed by atoms with van der Waals surface area (Å²) in [5, 5.41) is 5.06. The maximum Gasteiger partial charge on any atom is 0.293 e. The Morgan fingerprint density at radius 1 is 1.10 bits per heavy atom. The van der Waals surface area contributed by atoms with Crippen LogP contribution < -0.4 is 20.3 Å². The van der Waals surface area contributed by atoms with E-state index < -0.39 is 5.91 Å². The van der Waals surface area contributed by atoms with Crippen molar-refractivity contribution in [3.05, 3.63) is 82.0 Å². The SMILES string of the molecule is O=C(Nc1nc(-c2ccc3c(c2)OCCO3)cs1)c1ccc(Cn2ccccc2=O)o1. The number of anilines is 1. The van der Waals surface area contributed by atoms with Crippen molar-refractivity contribution in [1.82, 2.24) is 9.55 Å². The molecule has 9 heteroatoms. The van der Waals surface area contributed by atoms with Crippen LogP contribution in [0.2, 0.25) is 0 Å². The number of hydrogen-bond donors (Lipinski definition) is 1. The van der Waals surface area contributed by atoms with Gasteiger partial charge in [0.25, 0.3) is 11.5 Å². The molecule has 4 heterocycles. The van der Waals surface area contributed by atoms with E-state index >= 15 is 0 Å². The molecule has 8 nitrogen and oxygen atoms in total. The van der Waals surface area contributed by atoms with Crippen LogP contribution >= 0.6 is 11.3 Å². The van der Waals surface area contributed by atoms with Crippen molar-refractivity contribution < 1.29 is 18.7 Å². The molecule has 1 amide bonds. The topological polar surface area (TPSA) is 95.6 Å². The molecule has 1 aromatic carbocycles. The highest BCUT2D eigenvalue weighted by molar-refractivity contribution is 7.14. The normalized spacial score (nSPS) is 12.5. The number of pyridine rings is 1. The summed E-state index contributed by atoms with van der Waals surface area (Å²) in [6, 6.07) is 13.8. The molecule has 156 valence electrons. The van der Waals surface area contributed by atoms with Crippen LogP contribution in [0.3, 0.4) is 0 Å². The molecule has 0 atom stereocenters. The highest BCUT2D eigenvalue weighted by atomic mass is 32.1. The van der Waals surface area contributed by atoms with Crippen molar-refractivity contribution in [2.45, 2.75) is 6.54 Å². The predicted octanol–water partition coefficient (Wildman–Crippen LogP) is 3.64. The van der Waals surface area contributed by atoms with E-state index in [1.54, 1.807) is 30.5 Å². The fourth-order valence-corrected chi connectivity index (χ4v) is 3.88. The second kappa shape index (κ2) is 8.11. The highest BCUT2D eigenvalue weighted by Gasteiger charge is 2.16. The minimum absolute atomic E-state index is 0.139. The number of rotatable bonds is 5. The van der Waals surface area contributed by atoms with Gasteiger partial charge in [-0.1, -0.05) is 6.07 Å². The Hall–Kier alpha value is -3.85. The fourth-order valence-electron chi connectivity index (χ4n) is 3.17. The number of fused-ring (bicyclic) bond motifs is 1. The molecule has 0 saturated carbocycles. The lowest BCUT2D eigenvalue weighted by Gasteiger charge is -2.18. The lowest BCUT2D eigenvalue weighted by Crippen LogP contribution is -2.18. The van der Waals surface area contributed by atoms with Gasteiger partial charge < -0.3 is 18.5 Å². The number of thiazole rings is 1. The third kappa shape index (κ3) is 4.08. The van der Waals surface area contributed by atoms with Crippen LogP contribution in [-0.2, 0) is 6.54 Å². The number of aromatic nitrogens is 2. The first-order valence-corrected chi connectivity index (χ1v) is 10.4. The van der Waals surface area contributed by atoms with E-state index in [1.165, 1.54) is 22.0 Å². The molecule has 31 heavy (non-hydrogen) atoms. The van der Waals surface area contributed by atoms with Gasteiger partial charge in [-0.05, 0) is 36.4 Å². The first-order valence-electron chi connectivity index (χ1n) is 9.57. The predicted molar refractivity (Wildman–Crippen MR) is 115 cm³/mol. The second-order valence-corrected chi connectivity index (χ2v) is 7.64. The van der Waals surface area contributed by atoms with Crippen molar-refractivity contribution in [1.29, 1.82) is 0 Å². The van der Waals surface area contributed by atoms with Gasteiger partial charge in [0.05, 0.1) is 12.2 Å². The monoisotopic (exact) mass is 435 g/mol. The summed E-state index contributed by atoms with van der Waals surface area (Å²) in [6.45, 7) is 1.30. The number of carbonyl (C=O) groups excluding carboxylic acids is 1. The molecule has 0 aliphatic carbocycles. The summed E-state index contributed by atoms with van der Waals surface area (Å²) < 4.78 is 18.3. The Morgan fingerprint density at radius 3 is 2.84 bits per heavy atom. The molecule has 3 aromatic heterocycles. The number of ether oxygens (including phenoxy) is 2. The van der Waals surface area contributed by atoms with Gasteiger partial charge in [-0.25, -0.2) is 4.98 Å². The Kier molecular flexibility index (Phi) is 5.01. The first kappa shape index (κ1) is 19.1. The van der Waals surface area contributed by atoms with Crippen LogP contribution in [0.4, 0.5) is 5.13 Å². The van der Waals surface area contributed by atoms with E-state index in [4.69, 9.17) is 13.9 Å². The third-order valence-electron chi connectivity index (χ3n) is 4.67. The van der Waals surface area contributed by atoms with Gasteiger partial charge in [0.1, 0.15) is 19.0 Å². The van der Waals surface area contributed by atoms with E-state index in [-0.39, 0.29) is 17.9 Å². The number of amides is 1. The van der Waals surface area contributed by atoms with Crippen molar-refractivity contribution in [3.63, 3.8) is 0 Å². The van der Waals surface area contributed by atoms with Crippen molar-refractivity contribution in [2.75, 3.05) is 18.5 Å². The molecule has 1 N–H and O–H groups in total. The van der Waals surface area contributed by atoms with Crippen LogP contribution in [-0.4, -0.2) is 28.7 Å². The Balaban J connectivity index is 1.28. The standard InChI is InChI=1S/C22H17N3O5S/c26-20-3-1-2-8-25(20)12-15-5-7-18(30-15)21(27)24-22-23-16(13-31-22)14-4-6-17-19(11-14)29-10-9-28-17/h1-8,11,13H,9-10,12H2,(H,23,24,27). The molecule has 0 unspecified atom stereocenters. The molecular formula is C22H17N3O5S. The minimum atomic E-state index is -0.408. The van der Waals surface area contributed by atoms with Crippen molar-refractivity contribution in [3.8, 4) is 22.8 Å². The van der Waals surface area contributed by atoms with Gasteiger partial charge in [-0.3, -0.25) is 14.9 Å². The average molecular weight is 435 g/mol. The van der Waals surface area contributed by atoms with Gasteiger partial charge in [-0.2, -0.15) is 0 Å². The molecule has 1 aliphatic heterocycles. The molecule has 0 saturated heterocycles. The Morgan fingerprint density at radius 2 is 1.97 bits per heavy atom. The Bertz CT molecular complexity index is 1310. The number of nitrogens with one attached hydrogen (secondary N) is 1. The minimum Gasteiger partial charge on any atom is -0.486 e. The smallest absolute Gasteiger partial charge is 0.293 e. The van der Waals surface area contributed by atoms with Gasteiger partial charge >= 0.3 is 0 Å². The van der Waals surface area contributed by atoms with Gasteiger partial charge in [0.2, 0.25) is 0 Å². The zero-order chi connectivity index (χ0) is 21.2. The number of hydrogen-bond acceptors (Lipinski definition) is 7. The molecule has 0 fully saturated rings. The number of carbonyl (C=O) groups is 1. The van der Waals surface area contributed by atoms with Gasteiger partial charge in [0, 0.05) is 23.2 Å². The second-order valence-electron chi connectivity index (χ2n) is 6.78. The van der Waals surface area contributed by atoms with E-state index in [1.807, 2.05) is 23.6 Å². The Labute approximate surface area is 180 Å². The number of furan rings is 1. The summed E-state index contributed by atoms with van der Waals surface area (Å²) in [4.78, 5) is 28.8. The molecule has 4 aromatic rings. The van der Waals surface area contributed by atoms with Crippen LogP contribution in [0, 0.1) is 0 Å². The number of nitrogens with zero attached hydrogens (tertiary/aromatic N) is 2. The summed E-state index contributed by atoms with van der Waals surface area (Å²) in [5.41, 5.74) is 1.45. The molecule has 5 rings (SSSR count). The quantitative estimate of drug-likeness (QED) is 0.514. The zero-order valence-corrected chi connectivity index (χ0v) is 17.1. The van der Waals surface area contributed by atoms with E-state index in [9.17, 15) is 9.59 Å². The van der Waals surface area contributed by atoms with Gasteiger partial charge in [-0.15, -0.1) is 11.3 Å². The van der Waals surface area contributed by atoms with Crippen LogP contribution in [0.1, 0.15) is 16.3 Å². The lowest BCUT2D eigenvalue weighted by molar-refractivity contribution is 0.0994. The van der Waals surface area contributed by atoms with Crippen LogP contribution in [0.15, 0.2) is 69.3 Å². The van der Waals surface area contributed by atoms with Crippen LogP contribution in [0.25, 0.3) is 11.3 Å². The maximum atomic E-state index is 12.5. The van der Waals surface area contributed by atoms with Gasteiger partial charge in [0.15, 0.2) is 22.4 Å². The third-order valence-corrected chi connectivity index (χ3v) is 5.43. The molecule has 0 bridgehead atoms. The molecule has 0 radical (unpaired) electrons. The summed E-state index contributed by atoms with van der Waals surface area (Å²) in [6.07, 6.45) is 1.67. The molecule has 0 spiro atoms. The maximum absolute atomic E-state index is 12.5. The summed E-state index contributed by atoms with van der Waals surface area (Å²) in [5.74, 6) is 1.65. The highest BCUT2D eigenvalue weighted by Crippen LogP contribution is 2.35. The van der Waals surface area contributed by atoms with Crippen LogP contribution in [0.5, 0.6) is 11.5 Å². The average Bonchev–Trinajstić information content (AvgIpc) is 3.45. The largest absolute Gasteiger partial charge is 0.486 e. The lowest BCUT2D eigenvalue weighted by atomic mass is 10.1. The summed E-state index contributed by atoms with van der Waals surface area (Å²) >= 11 is 1.31. The number of benzene rings is 1. The van der Waals surface area contributed by atoms with E-state index in [2.05, 4.69) is 10.3 Å².